The number of carbonyl (C=O) groups excluding carboxylic acids is 3. The fraction of sp³-hybridized carbons (Fsp3) is 0.526. The van der Waals surface area contributed by atoms with Gasteiger partial charge >= 0.3 is 11.8 Å². The van der Waals surface area contributed by atoms with E-state index in [0.717, 1.165) is 37.2 Å². The molecule has 0 bridgehead atoms. The third-order valence-corrected chi connectivity index (χ3v) is 4.66. The van der Waals surface area contributed by atoms with Crippen LogP contribution in [0.5, 0.6) is 0 Å². The number of hydrogen-bond donors (Lipinski definition) is 2. The lowest BCUT2D eigenvalue weighted by Gasteiger charge is -2.29. The Hall–Kier alpha value is -2.41. The lowest BCUT2D eigenvalue weighted by Crippen LogP contribution is -2.40. The van der Waals surface area contributed by atoms with Gasteiger partial charge in [0.25, 0.3) is 0 Å². The van der Waals surface area contributed by atoms with E-state index < -0.39 is 11.8 Å². The van der Waals surface area contributed by atoms with Crippen molar-refractivity contribution in [3.63, 3.8) is 0 Å². The maximum atomic E-state index is 12.1. The molecule has 0 aromatic heterocycles. The Morgan fingerprint density at radius 2 is 1.88 bits per heavy atom. The van der Waals surface area contributed by atoms with Crippen molar-refractivity contribution < 1.29 is 14.4 Å². The molecule has 7 nitrogen and oxygen atoms in total. The Labute approximate surface area is 154 Å². The molecule has 1 aliphatic rings. The molecule has 0 atom stereocenters. The monoisotopic (exact) mass is 360 g/mol. The molecule has 7 heteroatoms. The molecular formula is C19H28N4O3. The Morgan fingerprint density at radius 3 is 2.54 bits per heavy atom. The molecule has 0 aliphatic carbocycles. The average molecular weight is 360 g/mol. The first-order valence-electron chi connectivity index (χ1n) is 9.18. The smallest absolute Gasteiger partial charge is 0.313 e. The lowest BCUT2D eigenvalue weighted by molar-refractivity contribution is -0.136. The third kappa shape index (κ3) is 5.05. The van der Waals surface area contributed by atoms with Gasteiger partial charge in [0, 0.05) is 37.9 Å². The maximum Gasteiger partial charge on any atom is 0.313 e. The van der Waals surface area contributed by atoms with Crippen molar-refractivity contribution in [1.29, 1.82) is 0 Å². The van der Waals surface area contributed by atoms with Crippen LogP contribution in [-0.2, 0) is 20.8 Å². The molecule has 142 valence electrons. The first-order chi connectivity index (χ1) is 12.5. The highest BCUT2D eigenvalue weighted by Gasteiger charge is 2.21. The fourth-order valence-electron chi connectivity index (χ4n) is 3.11. The number of hydrogen-bond acceptors (Lipinski definition) is 4. The predicted molar refractivity (Wildman–Crippen MR) is 102 cm³/mol. The maximum absolute atomic E-state index is 12.1. The van der Waals surface area contributed by atoms with E-state index in [1.165, 1.54) is 6.92 Å². The number of likely N-dealkylation sites (N-methyl/N-ethyl adjacent to an activating group) is 1. The van der Waals surface area contributed by atoms with Gasteiger partial charge in [-0.25, -0.2) is 0 Å². The summed E-state index contributed by atoms with van der Waals surface area (Å²) in [5.74, 6) is -1.38. The van der Waals surface area contributed by atoms with Gasteiger partial charge in [0.05, 0.1) is 0 Å². The molecule has 3 amide bonds. The van der Waals surface area contributed by atoms with Crippen molar-refractivity contribution in [3.05, 3.63) is 23.8 Å². The zero-order chi connectivity index (χ0) is 19.1. The second-order valence-corrected chi connectivity index (χ2v) is 6.35. The van der Waals surface area contributed by atoms with Crippen molar-refractivity contribution in [2.75, 3.05) is 42.9 Å². The highest BCUT2D eigenvalue weighted by molar-refractivity contribution is 6.39. The van der Waals surface area contributed by atoms with Crippen LogP contribution in [0, 0.1) is 0 Å². The SMILES string of the molecule is CCN(CC)CCNC(=O)C(=O)Nc1ccc2c(c1)N(C(C)=O)CCC2. The second-order valence-electron chi connectivity index (χ2n) is 6.35. The number of nitrogens with zero attached hydrogens (tertiary/aromatic N) is 2. The first kappa shape index (κ1) is 19.9. The molecule has 2 rings (SSSR count). The van der Waals surface area contributed by atoms with Crippen molar-refractivity contribution in [2.45, 2.75) is 33.6 Å². The summed E-state index contributed by atoms with van der Waals surface area (Å²) in [6.45, 7) is 9.25. The van der Waals surface area contributed by atoms with E-state index in [1.807, 2.05) is 6.07 Å². The molecule has 0 saturated heterocycles. The number of benzene rings is 1. The van der Waals surface area contributed by atoms with Gasteiger partial charge in [-0.2, -0.15) is 0 Å². The van der Waals surface area contributed by atoms with Crippen molar-refractivity contribution in [1.82, 2.24) is 10.2 Å². The zero-order valence-electron chi connectivity index (χ0n) is 15.8. The largest absolute Gasteiger partial charge is 0.347 e. The normalized spacial score (nSPS) is 13.3. The van der Waals surface area contributed by atoms with Crippen LogP contribution in [0.2, 0.25) is 0 Å². The van der Waals surface area contributed by atoms with E-state index in [2.05, 4.69) is 29.4 Å². The van der Waals surface area contributed by atoms with E-state index in [4.69, 9.17) is 0 Å². The summed E-state index contributed by atoms with van der Waals surface area (Å²) in [4.78, 5) is 39.7. The molecule has 0 unspecified atom stereocenters. The molecule has 1 aliphatic heterocycles. The number of carbonyl (C=O) groups is 3. The molecule has 2 N–H and O–H groups in total. The number of anilines is 2. The van der Waals surface area contributed by atoms with E-state index in [0.29, 0.717) is 25.3 Å². The van der Waals surface area contributed by atoms with Crippen LogP contribution in [-0.4, -0.2) is 55.3 Å². The Morgan fingerprint density at radius 1 is 1.15 bits per heavy atom. The van der Waals surface area contributed by atoms with Gasteiger partial charge in [-0.1, -0.05) is 19.9 Å². The molecule has 0 radical (unpaired) electrons. The zero-order valence-corrected chi connectivity index (χ0v) is 15.8. The van der Waals surface area contributed by atoms with Gasteiger partial charge < -0.3 is 20.4 Å². The second kappa shape index (κ2) is 9.33. The summed E-state index contributed by atoms with van der Waals surface area (Å²) in [6, 6.07) is 5.43. The molecule has 0 saturated carbocycles. The number of fused-ring (bicyclic) bond motifs is 1. The van der Waals surface area contributed by atoms with E-state index in [9.17, 15) is 14.4 Å². The van der Waals surface area contributed by atoms with Gasteiger partial charge in [-0.3, -0.25) is 14.4 Å². The predicted octanol–water partition coefficient (Wildman–Crippen LogP) is 1.38. The van der Waals surface area contributed by atoms with Crippen LogP contribution >= 0.6 is 0 Å². The van der Waals surface area contributed by atoms with Gasteiger partial charge in [0.2, 0.25) is 5.91 Å². The topological polar surface area (TPSA) is 81.8 Å². The Balaban J connectivity index is 1.95. The Bertz CT molecular complexity index is 671. The van der Waals surface area contributed by atoms with Gasteiger partial charge in [0.1, 0.15) is 0 Å². The van der Waals surface area contributed by atoms with Gasteiger partial charge in [-0.05, 0) is 43.6 Å². The standard InChI is InChI=1S/C19H28N4O3/c1-4-22(5-2)12-10-20-18(25)19(26)21-16-9-8-15-7-6-11-23(14(3)24)17(15)13-16/h8-9,13H,4-7,10-12H2,1-3H3,(H,20,25)(H,21,26). The van der Waals surface area contributed by atoms with Crippen molar-refractivity contribution in [3.8, 4) is 0 Å². The van der Waals surface area contributed by atoms with Crippen LogP contribution in [0.3, 0.4) is 0 Å². The molecule has 0 fully saturated rings. The van der Waals surface area contributed by atoms with E-state index in [-0.39, 0.29) is 5.91 Å². The first-order valence-corrected chi connectivity index (χ1v) is 9.18. The van der Waals surface area contributed by atoms with Crippen LogP contribution in [0.4, 0.5) is 11.4 Å². The summed E-state index contributed by atoms with van der Waals surface area (Å²) < 4.78 is 0. The minimum absolute atomic E-state index is 0.0245. The summed E-state index contributed by atoms with van der Waals surface area (Å²) in [5.41, 5.74) is 2.40. The van der Waals surface area contributed by atoms with Crippen LogP contribution in [0.25, 0.3) is 0 Å². The van der Waals surface area contributed by atoms with Gasteiger partial charge in [0.15, 0.2) is 0 Å². The van der Waals surface area contributed by atoms with Crippen LogP contribution in [0.15, 0.2) is 18.2 Å². The third-order valence-electron chi connectivity index (χ3n) is 4.66. The number of rotatable bonds is 6. The molecule has 26 heavy (non-hydrogen) atoms. The number of amides is 3. The molecule has 1 aromatic carbocycles. The van der Waals surface area contributed by atoms with Crippen LogP contribution in [0.1, 0.15) is 32.8 Å². The van der Waals surface area contributed by atoms with E-state index in [1.54, 1.807) is 17.0 Å². The highest BCUT2D eigenvalue weighted by atomic mass is 16.2. The minimum Gasteiger partial charge on any atom is -0.347 e. The van der Waals surface area contributed by atoms with Crippen LogP contribution < -0.4 is 15.5 Å². The highest BCUT2D eigenvalue weighted by Crippen LogP contribution is 2.30. The lowest BCUT2D eigenvalue weighted by atomic mass is 10.0. The fourth-order valence-corrected chi connectivity index (χ4v) is 3.11. The number of nitrogens with one attached hydrogen (secondary N) is 2. The summed E-state index contributed by atoms with van der Waals surface area (Å²) in [6.07, 6.45) is 1.83. The Kier molecular flexibility index (Phi) is 7.15. The summed E-state index contributed by atoms with van der Waals surface area (Å²) in [5, 5.41) is 5.25. The summed E-state index contributed by atoms with van der Waals surface area (Å²) in [7, 11) is 0. The molecular weight excluding hydrogens is 332 g/mol. The van der Waals surface area contributed by atoms with Gasteiger partial charge in [-0.15, -0.1) is 0 Å². The number of aryl methyl sites for hydroxylation is 1. The van der Waals surface area contributed by atoms with Crippen molar-refractivity contribution in [2.24, 2.45) is 0 Å². The average Bonchev–Trinajstić information content (AvgIpc) is 2.64. The van der Waals surface area contributed by atoms with E-state index >= 15 is 0 Å². The van der Waals surface area contributed by atoms with Crippen molar-refractivity contribution >= 4 is 29.1 Å². The molecule has 1 heterocycles. The molecule has 0 spiro atoms. The quantitative estimate of drug-likeness (QED) is 0.751. The minimum atomic E-state index is -0.699. The molecule has 1 aromatic rings. The summed E-state index contributed by atoms with van der Waals surface area (Å²) >= 11 is 0.